The molecule has 5 heavy (non-hydrogen) atoms. The zero-order valence-corrected chi connectivity index (χ0v) is 5.02. The van der Waals surface area contributed by atoms with Gasteiger partial charge in [-0.2, -0.15) is 9.90 Å². The molecular formula is H3BO2PSi. The number of hydrogen-bond acceptors (Lipinski definition) is 2. The van der Waals surface area contributed by atoms with Crippen LogP contribution >= 0.6 is 9.90 Å². The highest BCUT2D eigenvalue weighted by Gasteiger charge is 1.22. The highest BCUT2D eigenvalue weighted by Crippen LogP contribution is 0.861. The van der Waals surface area contributed by atoms with Gasteiger partial charge in [0.25, 0.3) is 0 Å². The molecule has 1 atom stereocenters. The summed E-state index contributed by atoms with van der Waals surface area (Å²) in [6, 6.07) is 0. The normalized spacial score (nSPS) is 1.60. The van der Waals surface area contributed by atoms with E-state index in [0.29, 0.717) is 0 Å². The minimum absolute atomic E-state index is 0. The number of hydrogen-bond donors (Lipinski definition) is 0. The lowest BCUT2D eigenvalue weighted by Crippen LogP contribution is -1.26. The molecule has 0 N–H and O–H groups in total. The Bertz CT molecular complexity index is 30.6. The van der Waals surface area contributed by atoms with Gasteiger partial charge in [-0.3, -0.25) is 8.92 Å². The molecule has 0 fully saturated rings. The minimum Gasteiger partial charge on any atom is -0.274 e. The molecule has 0 bridgehead atoms. The van der Waals surface area contributed by atoms with Crippen LogP contribution in [-0.4, -0.2) is 17.7 Å². The summed E-state index contributed by atoms with van der Waals surface area (Å²) in [4.78, 5) is 0. The van der Waals surface area contributed by atoms with E-state index in [0.717, 1.165) is 0 Å². The van der Waals surface area contributed by atoms with Gasteiger partial charge >= 0.3 is 9.29 Å². The quantitative estimate of drug-likeness (QED) is 0.294. The van der Waals surface area contributed by atoms with Gasteiger partial charge in [-0.15, -0.1) is 0 Å². The van der Waals surface area contributed by atoms with Crippen LogP contribution < -0.4 is 0 Å². The molecule has 0 rings (SSSR count). The van der Waals surface area contributed by atoms with Gasteiger partial charge in [-0.05, 0) is 0 Å². The van der Waals surface area contributed by atoms with Crippen LogP contribution in [0.2, 0.25) is 0 Å². The Balaban J connectivity index is -0.0000000200. The molecule has 0 aromatic heterocycles. The van der Waals surface area contributed by atoms with E-state index in [4.69, 9.17) is 8.92 Å². The maximum Gasteiger partial charge on any atom is 0.549 e. The Morgan fingerprint density at radius 1 is 1.20 bits per heavy atom. The predicted molar refractivity (Wildman–Crippen MR) is 24.0 cm³/mol. The maximum atomic E-state index is 8.40. The molecule has 27 valence electrons. The Morgan fingerprint density at radius 3 is 1.20 bits per heavy atom. The second kappa shape index (κ2) is 27.5. The second-order valence-corrected chi connectivity index (χ2v) is 0.250. The van der Waals surface area contributed by atoms with Crippen LogP contribution in [-0.2, 0) is 8.92 Å². The fraction of sp³-hybridized carbons (Fsp3) is 0. The van der Waals surface area contributed by atoms with Gasteiger partial charge in [-0.25, -0.2) is 0 Å². The summed E-state index contributed by atoms with van der Waals surface area (Å²) < 4.78 is 16.8. The van der Waals surface area contributed by atoms with Crippen molar-refractivity contribution in [2.24, 2.45) is 0 Å². The molecule has 5 heteroatoms. The zero-order chi connectivity index (χ0) is 2.71. The minimum atomic E-state index is -1.42. The summed E-state index contributed by atoms with van der Waals surface area (Å²) in [5.74, 6) is 0. The lowest BCUT2D eigenvalue weighted by molar-refractivity contribution is 0.497. The molecule has 0 aliphatic carbocycles. The summed E-state index contributed by atoms with van der Waals surface area (Å²) in [6.07, 6.45) is 0. The van der Waals surface area contributed by atoms with Crippen LogP contribution in [0.3, 0.4) is 0 Å². The Kier molecular flexibility index (Phi) is 102. The standard InChI is InChI=1S/B.O2Si.H3P/c;1-3-2;/h;;1H3. The van der Waals surface area contributed by atoms with Gasteiger partial charge in [0.05, 0.1) is 0 Å². The first kappa shape index (κ1) is 18.5. The first-order valence-electron chi connectivity index (χ1n) is 0.408. The van der Waals surface area contributed by atoms with E-state index >= 15 is 0 Å². The van der Waals surface area contributed by atoms with Crippen LogP contribution in [0.4, 0.5) is 0 Å². The largest absolute Gasteiger partial charge is 0.549 e. The van der Waals surface area contributed by atoms with Gasteiger partial charge in [0.2, 0.25) is 0 Å². The molecule has 0 amide bonds. The highest BCUT2D eigenvalue weighted by molar-refractivity contribution is 6.92. The van der Waals surface area contributed by atoms with Crippen molar-refractivity contribution in [3.63, 3.8) is 0 Å². The smallest absolute Gasteiger partial charge is 0.274 e. The fourth-order valence-corrected chi connectivity index (χ4v) is 0. The van der Waals surface area contributed by atoms with Crippen molar-refractivity contribution in [3.05, 3.63) is 0 Å². The van der Waals surface area contributed by atoms with Gasteiger partial charge in [0.1, 0.15) is 0 Å². The van der Waals surface area contributed by atoms with Crippen LogP contribution in [0.15, 0.2) is 0 Å². The maximum absolute atomic E-state index is 8.40. The molecule has 0 saturated carbocycles. The molecule has 2 nitrogen and oxygen atoms in total. The Labute approximate surface area is 37.5 Å². The molecule has 0 saturated heterocycles. The molecule has 3 radical (unpaired) electrons. The van der Waals surface area contributed by atoms with Crippen molar-refractivity contribution in [1.29, 1.82) is 0 Å². The lowest BCUT2D eigenvalue weighted by Gasteiger charge is -0.944. The second-order valence-electron chi connectivity index (χ2n) is 0.0833. The van der Waals surface area contributed by atoms with Crippen molar-refractivity contribution >= 4 is 27.6 Å². The van der Waals surface area contributed by atoms with E-state index in [-0.39, 0.29) is 18.3 Å². The summed E-state index contributed by atoms with van der Waals surface area (Å²) in [5.41, 5.74) is 0. The molecule has 0 heterocycles. The van der Waals surface area contributed by atoms with E-state index in [9.17, 15) is 0 Å². The molecule has 0 aliphatic rings. The third kappa shape index (κ3) is 237. The average molecular weight is 105 g/mol. The monoisotopic (exact) mass is 105 g/mol. The van der Waals surface area contributed by atoms with Crippen molar-refractivity contribution in [2.45, 2.75) is 0 Å². The fourth-order valence-electron chi connectivity index (χ4n) is 0. The summed E-state index contributed by atoms with van der Waals surface area (Å²) >= 11 is 0. The van der Waals surface area contributed by atoms with Gasteiger partial charge < -0.3 is 0 Å². The topological polar surface area (TPSA) is 34.1 Å². The SMILES string of the molecule is O=[Si]=O.P.[B]. The van der Waals surface area contributed by atoms with Gasteiger partial charge in [-0.1, -0.05) is 0 Å². The molecule has 0 aliphatic heterocycles. The lowest BCUT2D eigenvalue weighted by atomic mass is 10.8. The average Bonchev–Trinajstić information content (AvgIpc) is 0.918. The highest BCUT2D eigenvalue weighted by atomic mass is 31.0. The molecular weight excluding hydrogens is 102 g/mol. The van der Waals surface area contributed by atoms with Crippen LogP contribution in [0.1, 0.15) is 0 Å². The van der Waals surface area contributed by atoms with E-state index in [1.54, 1.807) is 0 Å². The van der Waals surface area contributed by atoms with E-state index in [2.05, 4.69) is 0 Å². The van der Waals surface area contributed by atoms with E-state index in [1.165, 1.54) is 0 Å². The molecule has 1 unspecified atom stereocenters. The molecule has 0 spiro atoms. The Morgan fingerprint density at radius 2 is 1.20 bits per heavy atom. The summed E-state index contributed by atoms with van der Waals surface area (Å²) in [5, 5.41) is 0. The molecule has 0 aromatic rings. The van der Waals surface area contributed by atoms with Crippen molar-refractivity contribution in [3.8, 4) is 0 Å². The van der Waals surface area contributed by atoms with Crippen molar-refractivity contribution < 1.29 is 8.92 Å². The number of rotatable bonds is 0. The Hall–Kier alpha value is 0.312. The van der Waals surface area contributed by atoms with Crippen molar-refractivity contribution in [2.75, 3.05) is 0 Å². The van der Waals surface area contributed by atoms with E-state index < -0.39 is 9.29 Å². The third-order valence-corrected chi connectivity index (χ3v) is 0. The van der Waals surface area contributed by atoms with Crippen LogP contribution in [0.5, 0.6) is 0 Å². The first-order valence-corrected chi connectivity index (χ1v) is 1.22. The predicted octanol–water partition coefficient (Wildman–Crippen LogP) is -0.941. The van der Waals surface area contributed by atoms with Gasteiger partial charge in [0.15, 0.2) is 0 Å². The zero-order valence-electron chi connectivity index (χ0n) is 2.60. The first-order chi connectivity index (χ1) is 1.41. The van der Waals surface area contributed by atoms with E-state index in [1.807, 2.05) is 0 Å². The van der Waals surface area contributed by atoms with Crippen LogP contribution in [0, 0.1) is 0 Å². The third-order valence-electron chi connectivity index (χ3n) is 0. The molecule has 0 aromatic carbocycles. The summed E-state index contributed by atoms with van der Waals surface area (Å²) in [7, 11) is -1.42. The van der Waals surface area contributed by atoms with Gasteiger partial charge in [0, 0.05) is 8.41 Å². The van der Waals surface area contributed by atoms with Crippen molar-refractivity contribution in [1.82, 2.24) is 0 Å². The summed E-state index contributed by atoms with van der Waals surface area (Å²) in [6.45, 7) is 0. The van der Waals surface area contributed by atoms with Crippen LogP contribution in [0.25, 0.3) is 0 Å².